The molecule has 2 aromatic rings. The maximum atomic E-state index is 12.2. The molecule has 2 rings (SSSR count). The summed E-state index contributed by atoms with van der Waals surface area (Å²) < 4.78 is 41.9. The van der Waals surface area contributed by atoms with E-state index in [1.165, 1.54) is 0 Å². The van der Waals surface area contributed by atoms with Crippen molar-refractivity contribution in [3.63, 3.8) is 0 Å². The van der Waals surface area contributed by atoms with Gasteiger partial charge in [0.2, 0.25) is 0 Å². The number of ether oxygens (including phenoxy) is 1. The molecule has 0 radical (unpaired) electrons. The lowest BCUT2D eigenvalue weighted by molar-refractivity contribution is -0.139. The number of hydrogen-bond donors (Lipinski definition) is 1. The lowest BCUT2D eigenvalue weighted by Crippen LogP contribution is -2.14. The van der Waals surface area contributed by atoms with Crippen LogP contribution in [0.2, 0.25) is 0 Å². The minimum absolute atomic E-state index is 0.322. The van der Waals surface area contributed by atoms with Crippen LogP contribution in [0.25, 0.3) is 10.8 Å². The SMILES string of the molecule is C[C@H](O)c1ccc2ccccc2c1OCCC(F)(F)F. The zero-order valence-electron chi connectivity index (χ0n) is 10.9. The summed E-state index contributed by atoms with van der Waals surface area (Å²) in [5.41, 5.74) is 0.492. The number of halogens is 3. The van der Waals surface area contributed by atoms with E-state index < -0.39 is 25.3 Å². The van der Waals surface area contributed by atoms with E-state index in [1.54, 1.807) is 25.1 Å². The summed E-state index contributed by atoms with van der Waals surface area (Å²) in [5.74, 6) is 0.322. The van der Waals surface area contributed by atoms with Crippen LogP contribution in [0.5, 0.6) is 5.75 Å². The summed E-state index contributed by atoms with van der Waals surface area (Å²) in [6.45, 7) is 1.10. The zero-order chi connectivity index (χ0) is 14.8. The van der Waals surface area contributed by atoms with Crippen molar-refractivity contribution in [2.45, 2.75) is 25.6 Å². The van der Waals surface area contributed by atoms with Crippen molar-refractivity contribution in [3.05, 3.63) is 42.0 Å². The highest BCUT2D eigenvalue weighted by molar-refractivity contribution is 5.89. The Morgan fingerprint density at radius 3 is 2.50 bits per heavy atom. The molecule has 20 heavy (non-hydrogen) atoms. The average Bonchev–Trinajstić information content (AvgIpc) is 2.37. The third-order valence-electron chi connectivity index (χ3n) is 2.99. The van der Waals surface area contributed by atoms with Gasteiger partial charge < -0.3 is 9.84 Å². The van der Waals surface area contributed by atoms with Crippen LogP contribution in [0, 0.1) is 0 Å². The van der Waals surface area contributed by atoms with E-state index in [9.17, 15) is 18.3 Å². The number of fused-ring (bicyclic) bond motifs is 1. The molecule has 0 aliphatic heterocycles. The maximum Gasteiger partial charge on any atom is 0.392 e. The van der Waals surface area contributed by atoms with Gasteiger partial charge in [-0.3, -0.25) is 0 Å². The van der Waals surface area contributed by atoms with Gasteiger partial charge in [0, 0.05) is 10.9 Å². The van der Waals surface area contributed by atoms with E-state index in [1.807, 2.05) is 18.2 Å². The number of aliphatic hydroxyl groups is 1. The smallest absolute Gasteiger partial charge is 0.392 e. The summed E-state index contributed by atoms with van der Waals surface area (Å²) in [5, 5.41) is 11.3. The second kappa shape index (κ2) is 5.71. The van der Waals surface area contributed by atoms with Crippen molar-refractivity contribution in [1.82, 2.24) is 0 Å². The Kier molecular flexibility index (Phi) is 4.18. The van der Waals surface area contributed by atoms with Gasteiger partial charge in [0.15, 0.2) is 0 Å². The van der Waals surface area contributed by atoms with Gasteiger partial charge >= 0.3 is 6.18 Å². The number of alkyl halides is 3. The van der Waals surface area contributed by atoms with Gasteiger partial charge in [-0.15, -0.1) is 0 Å². The number of benzene rings is 2. The molecule has 108 valence electrons. The molecular formula is C15H15F3O2. The predicted molar refractivity (Wildman–Crippen MR) is 70.7 cm³/mol. The summed E-state index contributed by atoms with van der Waals surface area (Å²) in [4.78, 5) is 0. The summed E-state index contributed by atoms with van der Waals surface area (Å²) in [6.07, 6.45) is -6.08. The van der Waals surface area contributed by atoms with Crippen molar-refractivity contribution >= 4 is 10.8 Å². The molecule has 0 fully saturated rings. The first-order valence-electron chi connectivity index (χ1n) is 6.28. The van der Waals surface area contributed by atoms with Crippen LogP contribution in [0.4, 0.5) is 13.2 Å². The average molecular weight is 284 g/mol. The van der Waals surface area contributed by atoms with Gasteiger partial charge in [0.25, 0.3) is 0 Å². The van der Waals surface area contributed by atoms with Crippen molar-refractivity contribution < 1.29 is 23.0 Å². The molecule has 0 heterocycles. The first kappa shape index (κ1) is 14.7. The van der Waals surface area contributed by atoms with Gasteiger partial charge in [0.05, 0.1) is 19.1 Å². The Hall–Kier alpha value is -1.75. The van der Waals surface area contributed by atoms with Crippen molar-refractivity contribution in [3.8, 4) is 5.75 Å². The molecule has 1 N–H and O–H groups in total. The molecule has 2 nitrogen and oxygen atoms in total. The van der Waals surface area contributed by atoms with Crippen LogP contribution in [0.15, 0.2) is 36.4 Å². The van der Waals surface area contributed by atoms with E-state index >= 15 is 0 Å². The topological polar surface area (TPSA) is 29.5 Å². The van der Waals surface area contributed by atoms with E-state index in [4.69, 9.17) is 4.74 Å². The van der Waals surface area contributed by atoms with Crippen LogP contribution in [0.1, 0.15) is 25.0 Å². The Balaban J connectivity index is 2.35. The standard InChI is InChI=1S/C15H15F3O2/c1-10(19)12-7-6-11-4-2-3-5-13(11)14(12)20-9-8-15(16,17)18/h2-7,10,19H,8-9H2,1H3/t10-/m0/s1. The monoisotopic (exact) mass is 284 g/mol. The molecule has 2 aromatic carbocycles. The molecule has 1 atom stereocenters. The molecule has 0 aliphatic rings. The Bertz CT molecular complexity index is 591. The highest BCUT2D eigenvalue weighted by Gasteiger charge is 2.27. The second-order valence-electron chi connectivity index (χ2n) is 4.59. The van der Waals surface area contributed by atoms with Crippen LogP contribution in [-0.4, -0.2) is 17.9 Å². The van der Waals surface area contributed by atoms with Crippen molar-refractivity contribution in [2.24, 2.45) is 0 Å². The normalized spacial score (nSPS) is 13.4. The maximum absolute atomic E-state index is 12.2. The molecule has 0 aliphatic carbocycles. The third-order valence-corrected chi connectivity index (χ3v) is 2.99. The van der Waals surface area contributed by atoms with Gasteiger partial charge in [-0.2, -0.15) is 13.2 Å². The Morgan fingerprint density at radius 1 is 1.15 bits per heavy atom. The summed E-state index contributed by atoms with van der Waals surface area (Å²) >= 11 is 0. The van der Waals surface area contributed by atoms with Crippen LogP contribution >= 0.6 is 0 Å². The van der Waals surface area contributed by atoms with E-state index in [0.29, 0.717) is 16.7 Å². The Morgan fingerprint density at radius 2 is 1.85 bits per heavy atom. The molecule has 0 spiro atoms. The van der Waals surface area contributed by atoms with Crippen molar-refractivity contribution in [1.29, 1.82) is 0 Å². The molecule has 0 saturated carbocycles. The fourth-order valence-corrected chi connectivity index (χ4v) is 2.02. The number of rotatable bonds is 4. The fourth-order valence-electron chi connectivity index (χ4n) is 2.02. The molecule has 0 bridgehead atoms. The summed E-state index contributed by atoms with van der Waals surface area (Å²) in [6, 6.07) is 10.7. The lowest BCUT2D eigenvalue weighted by atomic mass is 10.0. The van der Waals surface area contributed by atoms with E-state index in [0.717, 1.165) is 5.39 Å². The lowest BCUT2D eigenvalue weighted by Gasteiger charge is -2.16. The molecule has 0 amide bonds. The van der Waals surface area contributed by atoms with Crippen LogP contribution in [-0.2, 0) is 0 Å². The van der Waals surface area contributed by atoms with Gasteiger partial charge in [-0.05, 0) is 12.3 Å². The molecular weight excluding hydrogens is 269 g/mol. The molecule has 5 heteroatoms. The largest absolute Gasteiger partial charge is 0.492 e. The predicted octanol–water partition coefficient (Wildman–Crippen LogP) is 4.22. The van der Waals surface area contributed by atoms with Crippen LogP contribution < -0.4 is 4.74 Å². The Labute approximate surface area is 114 Å². The van der Waals surface area contributed by atoms with E-state index in [2.05, 4.69) is 0 Å². The molecule has 0 saturated heterocycles. The highest BCUT2D eigenvalue weighted by atomic mass is 19.4. The second-order valence-corrected chi connectivity index (χ2v) is 4.59. The van der Waals surface area contributed by atoms with Gasteiger partial charge in [0.1, 0.15) is 5.75 Å². The third kappa shape index (κ3) is 3.42. The zero-order valence-corrected chi connectivity index (χ0v) is 10.9. The van der Waals surface area contributed by atoms with Crippen LogP contribution in [0.3, 0.4) is 0 Å². The quantitative estimate of drug-likeness (QED) is 0.910. The summed E-state index contributed by atoms with van der Waals surface area (Å²) in [7, 11) is 0. The van der Waals surface area contributed by atoms with Gasteiger partial charge in [-0.1, -0.05) is 36.4 Å². The van der Waals surface area contributed by atoms with Crippen molar-refractivity contribution in [2.75, 3.05) is 6.61 Å². The van der Waals surface area contributed by atoms with E-state index in [-0.39, 0.29) is 0 Å². The first-order chi connectivity index (χ1) is 9.38. The number of hydrogen-bond acceptors (Lipinski definition) is 2. The fraction of sp³-hybridized carbons (Fsp3) is 0.333. The van der Waals surface area contributed by atoms with Gasteiger partial charge in [-0.25, -0.2) is 0 Å². The number of aliphatic hydroxyl groups excluding tert-OH is 1. The molecule has 0 aromatic heterocycles. The minimum atomic E-state index is -4.25. The minimum Gasteiger partial charge on any atom is -0.492 e. The highest BCUT2D eigenvalue weighted by Crippen LogP contribution is 2.34. The molecule has 0 unspecified atom stereocenters. The first-order valence-corrected chi connectivity index (χ1v) is 6.28.